The number of nitrogens with one attached hydrogen (secondary N) is 1. The quantitative estimate of drug-likeness (QED) is 0.886. The Morgan fingerprint density at radius 2 is 2.20 bits per heavy atom. The second kappa shape index (κ2) is 6.50. The summed E-state index contributed by atoms with van der Waals surface area (Å²) in [6, 6.07) is 4.77. The molecule has 1 saturated heterocycles. The van der Waals surface area contributed by atoms with Gasteiger partial charge in [-0.15, -0.1) is 12.4 Å². The Bertz CT molecular complexity index is 630. The first-order valence-electron chi connectivity index (χ1n) is 5.89. The number of hydrogen-bond donors (Lipinski definition) is 1. The molecule has 5 nitrogen and oxygen atoms in total. The molecule has 0 spiro atoms. The molecule has 1 aliphatic heterocycles. The van der Waals surface area contributed by atoms with Crippen LogP contribution in [0.15, 0.2) is 23.1 Å². The molecule has 1 aromatic rings. The molecule has 110 valence electrons. The number of nitrogens with zero attached hydrogens (tertiary/aromatic N) is 2. The minimum absolute atomic E-state index is 0. The zero-order valence-corrected chi connectivity index (χ0v) is 12.5. The predicted octanol–water partition coefficient (Wildman–Crippen LogP) is 1.10. The van der Waals surface area contributed by atoms with Crippen LogP contribution in [0.2, 0.25) is 0 Å². The summed E-state index contributed by atoms with van der Waals surface area (Å²) >= 11 is 0. The molecule has 1 aromatic carbocycles. The van der Waals surface area contributed by atoms with E-state index in [2.05, 4.69) is 5.32 Å². The number of sulfonamides is 1. The summed E-state index contributed by atoms with van der Waals surface area (Å²) in [6.07, 6.45) is 0. The van der Waals surface area contributed by atoms with E-state index in [1.807, 2.05) is 0 Å². The standard InChI is InChI=1S/C12H14FN3O2S.ClH/c1-9-8-15-4-5-16(9)19(17,18)11-2-3-12(13)10(6-11)7-14;/h2-3,6,9,15H,4-5,8H2,1H3;1H/t9-;/m1./s1. The van der Waals surface area contributed by atoms with Gasteiger partial charge in [-0.05, 0) is 25.1 Å². The number of piperazine rings is 1. The molecule has 1 N–H and O–H groups in total. The summed E-state index contributed by atoms with van der Waals surface area (Å²) in [7, 11) is -3.69. The first-order chi connectivity index (χ1) is 8.96. The lowest BCUT2D eigenvalue weighted by molar-refractivity contribution is 0.284. The van der Waals surface area contributed by atoms with Crippen LogP contribution in [0.4, 0.5) is 4.39 Å². The fourth-order valence-electron chi connectivity index (χ4n) is 2.07. The lowest BCUT2D eigenvalue weighted by Gasteiger charge is -2.32. The highest BCUT2D eigenvalue weighted by atomic mass is 35.5. The van der Waals surface area contributed by atoms with Crippen molar-refractivity contribution in [1.82, 2.24) is 9.62 Å². The lowest BCUT2D eigenvalue weighted by Crippen LogP contribution is -2.52. The van der Waals surface area contributed by atoms with Crippen LogP contribution in [-0.2, 0) is 10.0 Å². The van der Waals surface area contributed by atoms with Gasteiger partial charge in [0.2, 0.25) is 10.0 Å². The van der Waals surface area contributed by atoms with Gasteiger partial charge in [0.05, 0.1) is 10.5 Å². The van der Waals surface area contributed by atoms with E-state index in [0.717, 1.165) is 12.1 Å². The Morgan fingerprint density at radius 3 is 2.80 bits per heavy atom. The summed E-state index contributed by atoms with van der Waals surface area (Å²) in [4.78, 5) is -0.0424. The third-order valence-corrected chi connectivity index (χ3v) is 5.11. The molecule has 1 heterocycles. The van der Waals surface area contributed by atoms with E-state index in [0.29, 0.717) is 19.6 Å². The third-order valence-electron chi connectivity index (χ3n) is 3.11. The van der Waals surface area contributed by atoms with E-state index in [9.17, 15) is 12.8 Å². The molecule has 1 aliphatic rings. The molecule has 8 heteroatoms. The Balaban J connectivity index is 0.00000200. The van der Waals surface area contributed by atoms with E-state index in [4.69, 9.17) is 5.26 Å². The van der Waals surface area contributed by atoms with Crippen molar-refractivity contribution in [2.24, 2.45) is 0 Å². The maximum Gasteiger partial charge on any atom is 0.243 e. The Kier molecular flexibility index (Phi) is 5.48. The molecule has 0 unspecified atom stereocenters. The first-order valence-corrected chi connectivity index (χ1v) is 7.33. The smallest absolute Gasteiger partial charge is 0.243 e. The lowest BCUT2D eigenvalue weighted by atomic mass is 10.2. The molecular weight excluding hydrogens is 305 g/mol. The van der Waals surface area contributed by atoms with Gasteiger partial charge in [-0.25, -0.2) is 12.8 Å². The topological polar surface area (TPSA) is 73.2 Å². The van der Waals surface area contributed by atoms with Crippen molar-refractivity contribution in [3.05, 3.63) is 29.6 Å². The fourth-order valence-corrected chi connectivity index (χ4v) is 3.72. The second-order valence-corrected chi connectivity index (χ2v) is 6.31. The zero-order valence-electron chi connectivity index (χ0n) is 10.8. The van der Waals surface area contributed by atoms with Crippen molar-refractivity contribution in [1.29, 1.82) is 5.26 Å². The fraction of sp³-hybridized carbons (Fsp3) is 0.417. The van der Waals surface area contributed by atoms with Crippen molar-refractivity contribution >= 4 is 22.4 Å². The summed E-state index contributed by atoms with van der Waals surface area (Å²) in [6.45, 7) is 3.32. The molecule has 0 amide bonds. The number of hydrogen-bond acceptors (Lipinski definition) is 4. The Labute approximate surface area is 123 Å². The average Bonchev–Trinajstić information content (AvgIpc) is 2.39. The van der Waals surface area contributed by atoms with Crippen molar-refractivity contribution in [3.8, 4) is 6.07 Å². The molecular formula is C12H15ClFN3O2S. The normalized spacial score (nSPS) is 19.9. The molecule has 0 bridgehead atoms. The van der Waals surface area contributed by atoms with Gasteiger partial charge in [0.25, 0.3) is 0 Å². The van der Waals surface area contributed by atoms with E-state index >= 15 is 0 Å². The molecule has 1 atom stereocenters. The summed E-state index contributed by atoms with van der Waals surface area (Å²) < 4.78 is 39.5. The Hall–Kier alpha value is -1.20. The van der Waals surface area contributed by atoms with Gasteiger partial charge in [0.1, 0.15) is 11.9 Å². The summed E-state index contributed by atoms with van der Waals surface area (Å²) in [5, 5.41) is 11.9. The number of benzene rings is 1. The molecule has 20 heavy (non-hydrogen) atoms. The minimum atomic E-state index is -3.69. The van der Waals surface area contributed by atoms with E-state index in [1.165, 1.54) is 10.4 Å². The maximum absolute atomic E-state index is 13.2. The van der Waals surface area contributed by atoms with Crippen LogP contribution in [0, 0.1) is 17.1 Å². The SMILES string of the molecule is C[C@@H]1CNCCN1S(=O)(=O)c1ccc(F)c(C#N)c1.Cl. The molecule has 0 aliphatic carbocycles. The molecule has 0 saturated carbocycles. The van der Waals surface area contributed by atoms with Crippen molar-refractivity contribution < 1.29 is 12.8 Å². The maximum atomic E-state index is 13.2. The highest BCUT2D eigenvalue weighted by Gasteiger charge is 2.31. The van der Waals surface area contributed by atoms with Crippen LogP contribution >= 0.6 is 12.4 Å². The zero-order chi connectivity index (χ0) is 14.0. The van der Waals surface area contributed by atoms with Gasteiger partial charge in [-0.2, -0.15) is 9.57 Å². The largest absolute Gasteiger partial charge is 0.314 e. The monoisotopic (exact) mass is 319 g/mol. The molecule has 0 aromatic heterocycles. The van der Waals surface area contributed by atoms with Crippen LogP contribution in [0.5, 0.6) is 0 Å². The number of nitriles is 1. The number of rotatable bonds is 2. The van der Waals surface area contributed by atoms with Crippen LogP contribution in [0.1, 0.15) is 12.5 Å². The van der Waals surface area contributed by atoms with E-state index in [1.54, 1.807) is 13.0 Å². The van der Waals surface area contributed by atoms with Crippen molar-refractivity contribution in [2.75, 3.05) is 19.6 Å². The van der Waals surface area contributed by atoms with Gasteiger partial charge >= 0.3 is 0 Å². The minimum Gasteiger partial charge on any atom is -0.314 e. The third kappa shape index (κ3) is 3.10. The van der Waals surface area contributed by atoms with Crippen LogP contribution in [-0.4, -0.2) is 38.4 Å². The highest BCUT2D eigenvalue weighted by molar-refractivity contribution is 7.89. The highest BCUT2D eigenvalue weighted by Crippen LogP contribution is 2.21. The van der Waals surface area contributed by atoms with Crippen LogP contribution < -0.4 is 5.32 Å². The average molecular weight is 320 g/mol. The predicted molar refractivity (Wildman–Crippen MR) is 74.6 cm³/mol. The second-order valence-electron chi connectivity index (χ2n) is 4.42. The van der Waals surface area contributed by atoms with Crippen LogP contribution in [0.3, 0.4) is 0 Å². The summed E-state index contributed by atoms with van der Waals surface area (Å²) in [5.41, 5.74) is -0.260. The first kappa shape index (κ1) is 16.9. The summed E-state index contributed by atoms with van der Waals surface area (Å²) in [5.74, 6) is -0.713. The van der Waals surface area contributed by atoms with Gasteiger partial charge in [0.15, 0.2) is 0 Å². The van der Waals surface area contributed by atoms with E-state index in [-0.39, 0.29) is 28.9 Å². The van der Waals surface area contributed by atoms with Gasteiger partial charge < -0.3 is 5.32 Å². The van der Waals surface area contributed by atoms with Crippen molar-refractivity contribution in [3.63, 3.8) is 0 Å². The van der Waals surface area contributed by atoms with E-state index < -0.39 is 15.8 Å². The Morgan fingerprint density at radius 1 is 1.50 bits per heavy atom. The van der Waals surface area contributed by atoms with Crippen LogP contribution in [0.25, 0.3) is 0 Å². The number of halogens is 2. The van der Waals surface area contributed by atoms with Gasteiger partial charge in [-0.1, -0.05) is 0 Å². The van der Waals surface area contributed by atoms with Gasteiger partial charge in [0, 0.05) is 25.7 Å². The molecule has 1 fully saturated rings. The van der Waals surface area contributed by atoms with Crippen molar-refractivity contribution in [2.45, 2.75) is 17.9 Å². The van der Waals surface area contributed by atoms with Gasteiger partial charge in [-0.3, -0.25) is 0 Å². The molecule has 2 rings (SSSR count). The molecule has 0 radical (unpaired) electrons.